The molecule has 0 fully saturated rings. The Hall–Kier alpha value is -3.29. The summed E-state index contributed by atoms with van der Waals surface area (Å²) < 4.78 is 42.3. The fourth-order valence-electron chi connectivity index (χ4n) is 3.72. The van der Waals surface area contributed by atoms with E-state index in [1.165, 1.54) is 6.07 Å². The van der Waals surface area contributed by atoms with Gasteiger partial charge in [0.05, 0.1) is 6.04 Å². The molecule has 4 rings (SSSR count). The molecule has 1 amide bonds. The summed E-state index contributed by atoms with van der Waals surface area (Å²) in [6.45, 7) is 3.95. The van der Waals surface area contributed by atoms with E-state index in [1.54, 1.807) is 12.1 Å². The molecule has 1 aliphatic heterocycles. The standard InChI is InChI=1S/C23H23F3N4O/c1-3-15-6-10-17(11-7-15)27-22(31)19-13-21-28-18(16-8-4-14(2)5-9-16)12-20(23(24,25)26)30(21)29-19/h4-11,13,18,20,28H,3,12H2,1-2H3,(H,27,31)/t18-,20+/m0/s1. The number of amides is 1. The van der Waals surface area contributed by atoms with Gasteiger partial charge in [0.25, 0.3) is 5.91 Å². The smallest absolute Gasteiger partial charge is 0.363 e. The molecule has 0 aliphatic carbocycles. The van der Waals surface area contributed by atoms with Crippen LogP contribution in [0.4, 0.5) is 24.7 Å². The lowest BCUT2D eigenvalue weighted by molar-refractivity contribution is -0.173. The summed E-state index contributed by atoms with van der Waals surface area (Å²) >= 11 is 0. The van der Waals surface area contributed by atoms with Gasteiger partial charge in [-0.3, -0.25) is 4.79 Å². The van der Waals surface area contributed by atoms with Gasteiger partial charge in [0.2, 0.25) is 0 Å². The zero-order valence-corrected chi connectivity index (χ0v) is 17.2. The molecule has 2 N–H and O–H groups in total. The third-order valence-electron chi connectivity index (χ3n) is 5.52. The number of carbonyl (C=O) groups is 1. The minimum Gasteiger partial charge on any atom is -0.363 e. The molecule has 31 heavy (non-hydrogen) atoms. The van der Waals surface area contributed by atoms with Gasteiger partial charge < -0.3 is 10.6 Å². The molecule has 8 heteroatoms. The zero-order valence-electron chi connectivity index (χ0n) is 17.2. The highest BCUT2D eigenvalue weighted by Crippen LogP contribution is 2.43. The summed E-state index contributed by atoms with van der Waals surface area (Å²) in [5.41, 5.74) is 3.40. The van der Waals surface area contributed by atoms with Crippen LogP contribution < -0.4 is 10.6 Å². The largest absolute Gasteiger partial charge is 0.410 e. The van der Waals surface area contributed by atoms with Crippen LogP contribution in [0.3, 0.4) is 0 Å². The Morgan fingerprint density at radius 2 is 1.84 bits per heavy atom. The van der Waals surface area contributed by atoms with Crippen molar-refractivity contribution in [3.05, 3.63) is 77.0 Å². The molecule has 5 nitrogen and oxygen atoms in total. The number of nitrogens with zero attached hydrogens (tertiary/aromatic N) is 2. The number of anilines is 2. The van der Waals surface area contributed by atoms with Gasteiger partial charge in [-0.2, -0.15) is 18.3 Å². The van der Waals surface area contributed by atoms with Crippen LogP contribution in [0.1, 0.15) is 52.6 Å². The summed E-state index contributed by atoms with van der Waals surface area (Å²) in [5.74, 6) is -0.383. The molecule has 1 aliphatic rings. The lowest BCUT2D eigenvalue weighted by Crippen LogP contribution is -2.35. The van der Waals surface area contributed by atoms with E-state index in [1.807, 2.05) is 50.2 Å². The maximum atomic E-state index is 13.8. The lowest BCUT2D eigenvalue weighted by Gasteiger charge is -2.33. The highest BCUT2D eigenvalue weighted by Gasteiger charge is 2.46. The van der Waals surface area contributed by atoms with E-state index >= 15 is 0 Å². The molecule has 0 radical (unpaired) electrons. The number of hydrogen-bond acceptors (Lipinski definition) is 3. The van der Waals surface area contributed by atoms with Crippen molar-refractivity contribution in [1.29, 1.82) is 0 Å². The van der Waals surface area contributed by atoms with Gasteiger partial charge in [-0.05, 0) is 36.6 Å². The van der Waals surface area contributed by atoms with Gasteiger partial charge in [-0.1, -0.05) is 48.9 Å². The second kappa shape index (κ2) is 8.09. The van der Waals surface area contributed by atoms with E-state index in [0.717, 1.165) is 27.8 Å². The number of nitrogens with one attached hydrogen (secondary N) is 2. The van der Waals surface area contributed by atoms with Crippen LogP contribution in [-0.4, -0.2) is 21.9 Å². The number of halogens is 3. The Morgan fingerprint density at radius 3 is 2.45 bits per heavy atom. The lowest BCUT2D eigenvalue weighted by atomic mass is 9.96. The normalized spacial score (nSPS) is 18.2. The second-order valence-corrected chi connectivity index (χ2v) is 7.76. The zero-order chi connectivity index (χ0) is 22.2. The Bertz CT molecular complexity index is 1070. The van der Waals surface area contributed by atoms with Crippen LogP contribution in [0.2, 0.25) is 0 Å². The monoisotopic (exact) mass is 428 g/mol. The Kier molecular flexibility index (Phi) is 5.47. The molecule has 0 saturated carbocycles. The highest BCUT2D eigenvalue weighted by molar-refractivity contribution is 6.03. The van der Waals surface area contributed by atoms with Gasteiger partial charge in [0.15, 0.2) is 11.7 Å². The van der Waals surface area contributed by atoms with Crippen molar-refractivity contribution in [2.75, 3.05) is 10.6 Å². The quantitative estimate of drug-likeness (QED) is 0.563. The highest BCUT2D eigenvalue weighted by atomic mass is 19.4. The Labute approximate surface area is 178 Å². The third kappa shape index (κ3) is 4.42. The molecule has 0 saturated heterocycles. The van der Waals surface area contributed by atoms with Crippen molar-refractivity contribution >= 4 is 17.4 Å². The number of alkyl halides is 3. The summed E-state index contributed by atoms with van der Waals surface area (Å²) in [5, 5.41) is 9.80. The molecule has 2 aromatic carbocycles. The van der Waals surface area contributed by atoms with Gasteiger partial charge in [-0.25, -0.2) is 4.68 Å². The minimum atomic E-state index is -4.49. The van der Waals surface area contributed by atoms with E-state index < -0.39 is 24.2 Å². The molecule has 0 bridgehead atoms. The van der Waals surface area contributed by atoms with Crippen molar-refractivity contribution in [3.8, 4) is 0 Å². The Morgan fingerprint density at radius 1 is 1.16 bits per heavy atom. The van der Waals surface area contributed by atoms with E-state index in [9.17, 15) is 18.0 Å². The third-order valence-corrected chi connectivity index (χ3v) is 5.52. The number of rotatable bonds is 4. The van der Waals surface area contributed by atoms with Crippen LogP contribution in [0, 0.1) is 6.92 Å². The predicted molar refractivity (Wildman–Crippen MR) is 113 cm³/mol. The Balaban J connectivity index is 1.61. The first-order valence-corrected chi connectivity index (χ1v) is 10.1. The number of benzene rings is 2. The number of fused-ring (bicyclic) bond motifs is 1. The van der Waals surface area contributed by atoms with E-state index in [4.69, 9.17) is 0 Å². The molecule has 0 unspecified atom stereocenters. The number of carbonyl (C=O) groups excluding carboxylic acids is 1. The molecule has 2 heterocycles. The minimum absolute atomic E-state index is 0.0686. The molecule has 162 valence electrons. The predicted octanol–water partition coefficient (Wildman–Crippen LogP) is 5.67. The maximum absolute atomic E-state index is 13.8. The van der Waals surface area contributed by atoms with Gasteiger partial charge in [0.1, 0.15) is 5.82 Å². The van der Waals surface area contributed by atoms with Gasteiger partial charge in [0, 0.05) is 18.2 Å². The van der Waals surface area contributed by atoms with Crippen LogP contribution in [0.5, 0.6) is 0 Å². The van der Waals surface area contributed by atoms with Crippen molar-refractivity contribution in [2.45, 2.75) is 44.9 Å². The molecule has 0 spiro atoms. The fourth-order valence-corrected chi connectivity index (χ4v) is 3.72. The topological polar surface area (TPSA) is 59.0 Å². The second-order valence-electron chi connectivity index (χ2n) is 7.76. The average molecular weight is 428 g/mol. The molecular weight excluding hydrogens is 405 g/mol. The molecule has 1 aromatic heterocycles. The van der Waals surface area contributed by atoms with E-state index in [0.29, 0.717) is 5.69 Å². The summed E-state index contributed by atoms with van der Waals surface area (Å²) in [6.07, 6.45) is -3.83. The van der Waals surface area contributed by atoms with Crippen LogP contribution in [-0.2, 0) is 6.42 Å². The maximum Gasteiger partial charge on any atom is 0.410 e. The van der Waals surface area contributed by atoms with Crippen LogP contribution in [0.15, 0.2) is 54.6 Å². The SMILES string of the molecule is CCc1ccc(NC(=O)c2cc3n(n2)[C@@H](C(F)(F)F)C[C@@H](c2ccc(C)cc2)N3)cc1. The number of hydrogen-bond donors (Lipinski definition) is 2. The summed E-state index contributed by atoms with van der Waals surface area (Å²) in [7, 11) is 0. The van der Waals surface area contributed by atoms with E-state index in [2.05, 4.69) is 15.7 Å². The fraction of sp³-hybridized carbons (Fsp3) is 0.304. The number of aryl methyl sites for hydroxylation is 2. The molecular formula is C23H23F3N4O. The van der Waals surface area contributed by atoms with E-state index in [-0.39, 0.29) is 17.9 Å². The molecule has 3 aromatic rings. The van der Waals surface area contributed by atoms with Crippen LogP contribution >= 0.6 is 0 Å². The van der Waals surface area contributed by atoms with Crippen molar-refractivity contribution in [1.82, 2.24) is 9.78 Å². The van der Waals surface area contributed by atoms with Gasteiger partial charge in [-0.15, -0.1) is 0 Å². The first-order valence-electron chi connectivity index (χ1n) is 10.1. The average Bonchev–Trinajstić information content (AvgIpc) is 3.17. The first kappa shape index (κ1) is 21.0. The summed E-state index contributed by atoms with van der Waals surface area (Å²) in [6, 6.07) is 13.7. The first-order chi connectivity index (χ1) is 14.7. The van der Waals surface area contributed by atoms with Gasteiger partial charge >= 0.3 is 6.18 Å². The van der Waals surface area contributed by atoms with Crippen LogP contribution in [0.25, 0.3) is 0 Å². The number of aromatic nitrogens is 2. The molecule has 2 atom stereocenters. The van der Waals surface area contributed by atoms with Crippen molar-refractivity contribution in [2.24, 2.45) is 0 Å². The van der Waals surface area contributed by atoms with Crippen molar-refractivity contribution in [3.63, 3.8) is 0 Å². The summed E-state index contributed by atoms with van der Waals surface area (Å²) in [4.78, 5) is 12.6. The van der Waals surface area contributed by atoms with Crippen molar-refractivity contribution < 1.29 is 18.0 Å².